The number of anilines is 1. The number of benzene rings is 1. The van der Waals surface area contributed by atoms with Crippen LogP contribution in [-0.4, -0.2) is 37.4 Å². The Bertz CT molecular complexity index is 652. The third-order valence-electron chi connectivity index (χ3n) is 2.87. The highest BCUT2D eigenvalue weighted by Crippen LogP contribution is 2.18. The first-order valence-corrected chi connectivity index (χ1v) is 8.07. The number of halogens is 1. The minimum absolute atomic E-state index is 0.129. The van der Waals surface area contributed by atoms with Crippen LogP contribution in [-0.2, 0) is 9.84 Å². The summed E-state index contributed by atoms with van der Waals surface area (Å²) in [7, 11) is -3.18. The minimum Gasteiger partial charge on any atom is -0.333 e. The van der Waals surface area contributed by atoms with Gasteiger partial charge in [-0.25, -0.2) is 13.2 Å². The fourth-order valence-electron chi connectivity index (χ4n) is 1.90. The lowest BCUT2D eigenvalue weighted by Crippen LogP contribution is -2.42. The topological polar surface area (TPSA) is 99.1 Å². The number of amides is 2. The van der Waals surface area contributed by atoms with Gasteiger partial charge >= 0.3 is 6.03 Å². The molecule has 2 unspecified atom stereocenters. The Morgan fingerprint density at radius 3 is 2.45 bits per heavy atom. The van der Waals surface area contributed by atoms with Crippen LogP contribution in [0.25, 0.3) is 0 Å². The molecule has 1 aliphatic heterocycles. The molecule has 2 rings (SSSR count). The first-order valence-electron chi connectivity index (χ1n) is 5.82. The Labute approximate surface area is 121 Å². The number of alkyl halides is 1. The van der Waals surface area contributed by atoms with Crippen LogP contribution in [0.4, 0.5) is 10.5 Å². The van der Waals surface area contributed by atoms with Crippen LogP contribution < -0.4 is 10.6 Å². The number of urea groups is 1. The average Bonchev–Trinajstić information content (AvgIpc) is 2.63. The van der Waals surface area contributed by atoms with E-state index in [1.807, 2.05) is 6.07 Å². The number of hydrogen-bond donors (Lipinski definition) is 2. The van der Waals surface area contributed by atoms with Crippen LogP contribution in [0.15, 0.2) is 24.3 Å². The smallest absolute Gasteiger partial charge is 0.319 e. The van der Waals surface area contributed by atoms with Crippen LogP contribution in [0, 0.1) is 11.3 Å². The van der Waals surface area contributed by atoms with Gasteiger partial charge in [0, 0.05) is 5.69 Å². The summed E-state index contributed by atoms with van der Waals surface area (Å²) in [4.78, 5) is 11.7. The van der Waals surface area contributed by atoms with Crippen molar-refractivity contribution in [2.45, 2.75) is 11.4 Å². The van der Waals surface area contributed by atoms with Crippen molar-refractivity contribution in [2.24, 2.45) is 0 Å². The third-order valence-corrected chi connectivity index (χ3v) is 5.25. The summed E-state index contributed by atoms with van der Waals surface area (Å²) in [5.41, 5.74) is 0.993. The summed E-state index contributed by atoms with van der Waals surface area (Å²) in [5.74, 6) is -0.279. The maximum absolute atomic E-state index is 11.7. The van der Waals surface area contributed by atoms with Crippen LogP contribution in [0.1, 0.15) is 5.56 Å². The second-order valence-electron chi connectivity index (χ2n) is 4.49. The van der Waals surface area contributed by atoms with E-state index in [9.17, 15) is 13.2 Å². The molecule has 2 atom stereocenters. The standard InChI is InChI=1S/C12H12ClN3O3S/c13-10-6-20(18,19)7-11(10)16-12(17)15-9-3-1-8(5-14)2-4-9/h1-4,10-11H,6-7H2,(H2,15,16,17). The zero-order valence-electron chi connectivity index (χ0n) is 10.3. The third kappa shape index (κ3) is 3.62. The predicted octanol–water partition coefficient (Wildman–Crippen LogP) is 1.08. The van der Waals surface area contributed by atoms with Crippen molar-refractivity contribution in [1.82, 2.24) is 5.32 Å². The molecule has 1 aromatic carbocycles. The monoisotopic (exact) mass is 313 g/mol. The van der Waals surface area contributed by atoms with E-state index in [1.165, 1.54) is 0 Å². The second kappa shape index (κ2) is 5.69. The Morgan fingerprint density at radius 2 is 1.95 bits per heavy atom. The molecule has 0 spiro atoms. The molecule has 0 saturated carbocycles. The van der Waals surface area contributed by atoms with Gasteiger partial charge in [-0.3, -0.25) is 0 Å². The first-order chi connectivity index (χ1) is 9.39. The molecule has 0 radical (unpaired) electrons. The van der Waals surface area contributed by atoms with E-state index >= 15 is 0 Å². The van der Waals surface area contributed by atoms with Gasteiger partial charge in [0.2, 0.25) is 0 Å². The van der Waals surface area contributed by atoms with E-state index in [-0.39, 0.29) is 11.5 Å². The van der Waals surface area contributed by atoms with Crippen molar-refractivity contribution in [3.05, 3.63) is 29.8 Å². The van der Waals surface area contributed by atoms with Gasteiger partial charge in [0.25, 0.3) is 0 Å². The molecular weight excluding hydrogens is 302 g/mol. The molecule has 106 valence electrons. The fraction of sp³-hybridized carbons (Fsp3) is 0.333. The maximum Gasteiger partial charge on any atom is 0.319 e. The summed E-state index contributed by atoms with van der Waals surface area (Å²) in [6, 6.07) is 7.15. The highest BCUT2D eigenvalue weighted by atomic mass is 35.5. The Balaban J connectivity index is 1.94. The van der Waals surface area contributed by atoms with E-state index in [4.69, 9.17) is 16.9 Å². The van der Waals surface area contributed by atoms with Gasteiger partial charge < -0.3 is 10.6 Å². The SMILES string of the molecule is N#Cc1ccc(NC(=O)NC2CS(=O)(=O)CC2Cl)cc1. The van der Waals surface area contributed by atoms with Gasteiger partial charge in [-0.2, -0.15) is 5.26 Å². The van der Waals surface area contributed by atoms with Crippen LogP contribution in [0.5, 0.6) is 0 Å². The zero-order chi connectivity index (χ0) is 14.8. The van der Waals surface area contributed by atoms with E-state index in [2.05, 4.69) is 10.6 Å². The number of hydrogen-bond acceptors (Lipinski definition) is 4. The van der Waals surface area contributed by atoms with Crippen molar-refractivity contribution in [1.29, 1.82) is 5.26 Å². The lowest BCUT2D eigenvalue weighted by atomic mass is 10.2. The number of nitriles is 1. The number of rotatable bonds is 2. The van der Waals surface area contributed by atoms with Gasteiger partial charge in [-0.05, 0) is 24.3 Å². The summed E-state index contributed by atoms with van der Waals surface area (Å²) in [5, 5.41) is 13.1. The zero-order valence-corrected chi connectivity index (χ0v) is 11.9. The van der Waals surface area contributed by atoms with Crippen LogP contribution in [0.2, 0.25) is 0 Å². The van der Waals surface area contributed by atoms with Gasteiger partial charge in [-0.15, -0.1) is 11.6 Å². The summed E-state index contributed by atoms with van der Waals surface area (Å²) >= 11 is 5.89. The van der Waals surface area contributed by atoms with E-state index in [1.54, 1.807) is 24.3 Å². The molecular formula is C12H12ClN3O3S. The molecule has 1 aromatic rings. The highest BCUT2D eigenvalue weighted by molar-refractivity contribution is 7.91. The van der Waals surface area contributed by atoms with Crippen molar-refractivity contribution in [3.8, 4) is 6.07 Å². The Kier molecular flexibility index (Phi) is 4.16. The predicted molar refractivity (Wildman–Crippen MR) is 75.4 cm³/mol. The Hall–Kier alpha value is -1.78. The molecule has 1 fully saturated rings. The van der Waals surface area contributed by atoms with Crippen molar-refractivity contribution >= 4 is 33.2 Å². The molecule has 20 heavy (non-hydrogen) atoms. The van der Waals surface area contributed by atoms with Gasteiger partial charge in [0.05, 0.1) is 34.6 Å². The average molecular weight is 314 g/mol. The summed E-state index contributed by atoms with van der Waals surface area (Å²) in [6.45, 7) is 0. The number of sulfone groups is 1. The molecule has 1 heterocycles. The Morgan fingerprint density at radius 1 is 1.30 bits per heavy atom. The quantitative estimate of drug-likeness (QED) is 0.798. The number of nitrogens with one attached hydrogen (secondary N) is 2. The van der Waals surface area contributed by atoms with E-state index in [0.717, 1.165) is 0 Å². The lowest BCUT2D eigenvalue weighted by molar-refractivity contribution is 0.249. The lowest BCUT2D eigenvalue weighted by Gasteiger charge is -2.15. The van der Waals surface area contributed by atoms with E-state index in [0.29, 0.717) is 11.3 Å². The normalized spacial score (nSPS) is 23.8. The molecule has 8 heteroatoms. The molecule has 1 saturated heterocycles. The van der Waals surface area contributed by atoms with Gasteiger partial charge in [0.1, 0.15) is 0 Å². The molecule has 0 aromatic heterocycles. The molecule has 2 N–H and O–H groups in total. The molecule has 0 aliphatic carbocycles. The maximum atomic E-state index is 11.7. The van der Waals surface area contributed by atoms with Crippen molar-refractivity contribution in [3.63, 3.8) is 0 Å². The fourth-order valence-corrected chi connectivity index (χ4v) is 4.45. The van der Waals surface area contributed by atoms with Crippen LogP contribution >= 0.6 is 11.6 Å². The van der Waals surface area contributed by atoms with Gasteiger partial charge in [-0.1, -0.05) is 0 Å². The molecule has 6 nitrogen and oxygen atoms in total. The van der Waals surface area contributed by atoms with Crippen molar-refractivity contribution < 1.29 is 13.2 Å². The van der Waals surface area contributed by atoms with Crippen LogP contribution in [0.3, 0.4) is 0 Å². The summed E-state index contributed by atoms with van der Waals surface area (Å²) in [6.07, 6.45) is 0. The number of carbonyl (C=O) groups is 1. The van der Waals surface area contributed by atoms with E-state index < -0.39 is 27.3 Å². The number of nitrogens with zero attached hydrogens (tertiary/aromatic N) is 1. The highest BCUT2D eigenvalue weighted by Gasteiger charge is 2.37. The molecule has 0 bridgehead atoms. The minimum atomic E-state index is -3.18. The largest absolute Gasteiger partial charge is 0.333 e. The second-order valence-corrected chi connectivity index (χ2v) is 7.20. The molecule has 1 aliphatic rings. The van der Waals surface area contributed by atoms with Gasteiger partial charge in [0.15, 0.2) is 9.84 Å². The first kappa shape index (κ1) is 14.6. The summed E-state index contributed by atoms with van der Waals surface area (Å²) < 4.78 is 22.7. The molecule has 2 amide bonds. The number of carbonyl (C=O) groups excluding carboxylic acids is 1. The van der Waals surface area contributed by atoms with Crippen molar-refractivity contribution in [2.75, 3.05) is 16.8 Å².